The van der Waals surface area contributed by atoms with Gasteiger partial charge in [-0.2, -0.15) is 0 Å². The molecule has 0 fully saturated rings. The second-order valence-corrected chi connectivity index (χ2v) is 5.01. The van der Waals surface area contributed by atoms with Crippen molar-refractivity contribution in [3.05, 3.63) is 52.2 Å². The van der Waals surface area contributed by atoms with E-state index in [0.717, 1.165) is 10.5 Å². The number of thioether (sulfide) groups is 1. The molecule has 2 N–H and O–H groups in total. The fourth-order valence-corrected chi connectivity index (χ4v) is 2.47. The highest BCUT2D eigenvalue weighted by molar-refractivity contribution is 7.98. The number of non-ortho nitro benzene ring substituents is 1. The van der Waals surface area contributed by atoms with Crippen LogP contribution in [-0.2, 0) is 5.75 Å². The topological polar surface area (TPSA) is 91.3 Å². The Morgan fingerprint density at radius 2 is 2.20 bits per heavy atom. The van der Waals surface area contributed by atoms with Gasteiger partial charge in [0.25, 0.3) is 5.69 Å². The van der Waals surface area contributed by atoms with Crippen molar-refractivity contribution >= 4 is 23.3 Å². The van der Waals surface area contributed by atoms with E-state index >= 15 is 0 Å². The van der Waals surface area contributed by atoms with Crippen molar-refractivity contribution < 1.29 is 9.66 Å². The van der Waals surface area contributed by atoms with Gasteiger partial charge in [0, 0.05) is 34.5 Å². The zero-order chi connectivity index (χ0) is 14.5. The maximum Gasteiger partial charge on any atom is 0.270 e. The van der Waals surface area contributed by atoms with E-state index in [9.17, 15) is 10.1 Å². The van der Waals surface area contributed by atoms with Gasteiger partial charge in [-0.25, -0.2) is 4.98 Å². The summed E-state index contributed by atoms with van der Waals surface area (Å²) in [4.78, 5) is 15.3. The van der Waals surface area contributed by atoms with E-state index in [1.54, 1.807) is 25.4 Å². The second-order valence-electron chi connectivity index (χ2n) is 3.96. The lowest BCUT2D eigenvalue weighted by molar-refractivity contribution is -0.384. The first kappa shape index (κ1) is 14.1. The van der Waals surface area contributed by atoms with Crippen LogP contribution in [0.3, 0.4) is 0 Å². The fourth-order valence-electron chi connectivity index (χ4n) is 1.63. The fraction of sp³-hybridized carbons (Fsp3) is 0.154. The highest BCUT2D eigenvalue weighted by atomic mass is 32.2. The summed E-state index contributed by atoms with van der Waals surface area (Å²) >= 11 is 1.51. The van der Waals surface area contributed by atoms with Crippen LogP contribution >= 0.6 is 11.8 Å². The maximum absolute atomic E-state index is 10.8. The van der Waals surface area contributed by atoms with Crippen molar-refractivity contribution in [1.82, 2.24) is 4.98 Å². The van der Waals surface area contributed by atoms with Gasteiger partial charge in [0.1, 0.15) is 11.6 Å². The van der Waals surface area contributed by atoms with E-state index in [0.29, 0.717) is 17.3 Å². The standard InChI is InChI=1S/C13H13N3O3S/c1-19-12-4-2-10(16(17)18)6-9(12)8-20-11-3-5-13(14)15-7-11/h2-7H,8H2,1H3,(H2,14,15). The highest BCUT2D eigenvalue weighted by Crippen LogP contribution is 2.30. The van der Waals surface area contributed by atoms with Gasteiger partial charge in [0.2, 0.25) is 0 Å². The van der Waals surface area contributed by atoms with Crippen LogP contribution in [-0.4, -0.2) is 17.0 Å². The third-order valence-corrected chi connectivity index (χ3v) is 3.66. The molecule has 2 rings (SSSR count). The molecular formula is C13H13N3O3S. The molecule has 0 bridgehead atoms. The highest BCUT2D eigenvalue weighted by Gasteiger charge is 2.11. The number of pyridine rings is 1. The lowest BCUT2D eigenvalue weighted by Crippen LogP contribution is -1.94. The number of hydrogen-bond donors (Lipinski definition) is 1. The molecule has 7 heteroatoms. The number of nitrogen functional groups attached to an aromatic ring is 1. The number of nitrogens with zero attached hydrogens (tertiary/aromatic N) is 2. The molecule has 0 unspecified atom stereocenters. The molecule has 0 amide bonds. The Morgan fingerprint density at radius 3 is 2.80 bits per heavy atom. The van der Waals surface area contributed by atoms with Crippen molar-refractivity contribution in [2.75, 3.05) is 12.8 Å². The Labute approximate surface area is 120 Å². The van der Waals surface area contributed by atoms with Crippen LogP contribution in [0.15, 0.2) is 41.4 Å². The van der Waals surface area contributed by atoms with E-state index < -0.39 is 4.92 Å². The van der Waals surface area contributed by atoms with Crippen LogP contribution < -0.4 is 10.5 Å². The van der Waals surface area contributed by atoms with E-state index in [4.69, 9.17) is 10.5 Å². The quantitative estimate of drug-likeness (QED) is 0.517. The first-order valence-corrected chi connectivity index (χ1v) is 6.74. The number of methoxy groups -OCH3 is 1. The summed E-state index contributed by atoms with van der Waals surface area (Å²) in [5.41, 5.74) is 6.34. The molecule has 1 heterocycles. The van der Waals surface area contributed by atoms with Gasteiger partial charge in [0.05, 0.1) is 12.0 Å². The first-order chi connectivity index (χ1) is 9.60. The molecule has 0 aliphatic carbocycles. The second kappa shape index (κ2) is 6.25. The Balaban J connectivity index is 2.16. The molecule has 104 valence electrons. The molecule has 1 aromatic carbocycles. The molecular weight excluding hydrogens is 278 g/mol. The van der Waals surface area contributed by atoms with Crippen LogP contribution in [0.5, 0.6) is 5.75 Å². The molecule has 1 aromatic heterocycles. The first-order valence-electron chi connectivity index (χ1n) is 5.76. The summed E-state index contributed by atoms with van der Waals surface area (Å²) in [5.74, 6) is 1.64. The number of nitro groups is 1. The van der Waals surface area contributed by atoms with E-state index in [-0.39, 0.29) is 5.69 Å². The van der Waals surface area contributed by atoms with Crippen LogP contribution in [0.1, 0.15) is 5.56 Å². The van der Waals surface area contributed by atoms with Crippen LogP contribution in [0.4, 0.5) is 11.5 Å². The molecule has 0 saturated heterocycles. The minimum Gasteiger partial charge on any atom is -0.496 e. The number of rotatable bonds is 5. The SMILES string of the molecule is COc1ccc([N+](=O)[O-])cc1CSc1ccc(N)nc1. The number of nitrogens with two attached hydrogens (primary N) is 1. The van der Waals surface area contributed by atoms with Crippen molar-refractivity contribution in [3.63, 3.8) is 0 Å². The summed E-state index contributed by atoms with van der Waals surface area (Å²) in [7, 11) is 1.54. The zero-order valence-corrected chi connectivity index (χ0v) is 11.6. The number of aromatic nitrogens is 1. The molecule has 0 aliphatic rings. The minimum absolute atomic E-state index is 0.0526. The number of ether oxygens (including phenoxy) is 1. The summed E-state index contributed by atoms with van der Waals surface area (Å²) in [6, 6.07) is 8.13. The van der Waals surface area contributed by atoms with E-state index in [2.05, 4.69) is 4.98 Å². The van der Waals surface area contributed by atoms with Crippen LogP contribution in [0, 0.1) is 10.1 Å². The number of nitro benzene ring substituents is 1. The number of hydrogen-bond acceptors (Lipinski definition) is 6. The van der Waals surface area contributed by atoms with Crippen molar-refractivity contribution in [2.45, 2.75) is 10.6 Å². The lowest BCUT2D eigenvalue weighted by Gasteiger charge is -2.08. The third kappa shape index (κ3) is 3.39. The minimum atomic E-state index is -0.418. The van der Waals surface area contributed by atoms with Gasteiger partial charge in [-0.15, -0.1) is 11.8 Å². The van der Waals surface area contributed by atoms with E-state index in [1.807, 2.05) is 6.07 Å². The molecule has 0 spiro atoms. The Kier molecular flexibility index (Phi) is 4.41. The predicted molar refractivity (Wildman–Crippen MR) is 77.9 cm³/mol. The molecule has 2 aromatic rings. The van der Waals surface area contributed by atoms with Crippen molar-refractivity contribution in [2.24, 2.45) is 0 Å². The largest absolute Gasteiger partial charge is 0.496 e. The summed E-state index contributed by atoms with van der Waals surface area (Å²) in [6.07, 6.45) is 1.67. The Morgan fingerprint density at radius 1 is 1.40 bits per heavy atom. The van der Waals surface area contributed by atoms with Gasteiger partial charge < -0.3 is 10.5 Å². The molecule has 0 aliphatic heterocycles. The molecule has 0 atom stereocenters. The normalized spacial score (nSPS) is 10.2. The van der Waals surface area contributed by atoms with Gasteiger partial charge in [-0.1, -0.05) is 0 Å². The third-order valence-electron chi connectivity index (χ3n) is 2.63. The number of anilines is 1. The van der Waals surface area contributed by atoms with Gasteiger partial charge >= 0.3 is 0 Å². The Hall–Kier alpha value is -2.28. The summed E-state index contributed by atoms with van der Waals surface area (Å²) < 4.78 is 5.22. The summed E-state index contributed by atoms with van der Waals surface area (Å²) in [6.45, 7) is 0. The average Bonchev–Trinajstić information content (AvgIpc) is 2.46. The maximum atomic E-state index is 10.8. The monoisotopic (exact) mass is 291 g/mol. The summed E-state index contributed by atoms with van der Waals surface area (Å²) in [5, 5.41) is 10.8. The molecule has 20 heavy (non-hydrogen) atoms. The van der Waals surface area contributed by atoms with Crippen LogP contribution in [0.2, 0.25) is 0 Å². The Bertz CT molecular complexity index is 617. The van der Waals surface area contributed by atoms with Crippen LogP contribution in [0.25, 0.3) is 0 Å². The van der Waals surface area contributed by atoms with E-state index in [1.165, 1.54) is 23.9 Å². The number of benzene rings is 1. The lowest BCUT2D eigenvalue weighted by atomic mass is 10.2. The molecule has 0 radical (unpaired) electrons. The smallest absolute Gasteiger partial charge is 0.270 e. The van der Waals surface area contributed by atoms with Gasteiger partial charge in [0.15, 0.2) is 0 Å². The van der Waals surface area contributed by atoms with Crippen molar-refractivity contribution in [3.8, 4) is 5.75 Å². The predicted octanol–water partition coefficient (Wildman–Crippen LogP) is 2.87. The van der Waals surface area contributed by atoms with Gasteiger partial charge in [-0.05, 0) is 18.2 Å². The molecule has 0 saturated carbocycles. The van der Waals surface area contributed by atoms with Crippen molar-refractivity contribution in [1.29, 1.82) is 0 Å². The zero-order valence-electron chi connectivity index (χ0n) is 10.8. The average molecular weight is 291 g/mol. The van der Waals surface area contributed by atoms with Gasteiger partial charge in [-0.3, -0.25) is 10.1 Å². The molecule has 6 nitrogen and oxygen atoms in total.